The maximum Gasteiger partial charge on any atom is 0.322 e. The van der Waals surface area contributed by atoms with Crippen LogP contribution in [0.5, 0.6) is 5.75 Å². The number of phenols is 1. The Kier molecular flexibility index (Phi) is 12.7. The van der Waals surface area contributed by atoms with E-state index in [1.165, 1.54) is 19.1 Å². The van der Waals surface area contributed by atoms with Crippen LogP contribution in [-0.4, -0.2) is 86.7 Å². The van der Waals surface area contributed by atoms with Crippen LogP contribution in [-0.2, 0) is 36.8 Å². The number of carbonyl (C=O) groups excluding carboxylic acids is 4. The Morgan fingerprint density at radius 3 is 2.09 bits per heavy atom. The number of aliphatic hydroxyl groups excluding tert-OH is 1. The third-order valence-electron chi connectivity index (χ3n) is 7.77. The number of hydrogen-bond donors (Lipinski definition) is 9. The van der Waals surface area contributed by atoms with Crippen molar-refractivity contribution in [3.63, 3.8) is 0 Å². The number of aliphatic carboxylic acids is 1. The Morgan fingerprint density at radius 1 is 0.848 bits per heavy atom. The molecule has 14 heteroatoms. The molecule has 0 fully saturated rings. The largest absolute Gasteiger partial charge is 0.508 e. The number of carboxylic acids is 1. The van der Waals surface area contributed by atoms with E-state index in [9.17, 15) is 34.2 Å². The maximum atomic E-state index is 13.9. The lowest BCUT2D eigenvalue weighted by molar-refractivity contribution is -0.139. The van der Waals surface area contributed by atoms with Crippen LogP contribution in [0.1, 0.15) is 38.3 Å². The first-order valence-corrected chi connectivity index (χ1v) is 15.0. The van der Waals surface area contributed by atoms with E-state index < -0.39 is 66.4 Å². The zero-order valence-corrected chi connectivity index (χ0v) is 25.9. The molecule has 46 heavy (non-hydrogen) atoms. The summed E-state index contributed by atoms with van der Waals surface area (Å²) >= 11 is 0. The first-order valence-electron chi connectivity index (χ1n) is 15.0. The Balaban J connectivity index is 1.94. The molecule has 0 aliphatic carbocycles. The minimum Gasteiger partial charge on any atom is -0.508 e. The second-order valence-corrected chi connectivity index (χ2v) is 11.3. The molecule has 0 radical (unpaired) electrons. The maximum absolute atomic E-state index is 13.9. The second-order valence-electron chi connectivity index (χ2n) is 11.3. The van der Waals surface area contributed by atoms with E-state index in [4.69, 9.17) is 10.8 Å². The van der Waals surface area contributed by atoms with E-state index in [0.29, 0.717) is 17.5 Å². The molecule has 3 aromatic rings. The lowest BCUT2D eigenvalue weighted by Crippen LogP contribution is -2.60. The number of para-hydroxylation sites is 1. The number of nitrogens with two attached hydrogens (primary N) is 1. The van der Waals surface area contributed by atoms with Crippen molar-refractivity contribution in [2.45, 2.75) is 70.3 Å². The first kappa shape index (κ1) is 35.5. The zero-order valence-electron chi connectivity index (χ0n) is 25.9. The molecule has 4 amide bonds. The van der Waals surface area contributed by atoms with Crippen LogP contribution in [0.4, 0.5) is 0 Å². The van der Waals surface area contributed by atoms with Gasteiger partial charge in [0.15, 0.2) is 0 Å². The number of aromatic nitrogens is 1. The van der Waals surface area contributed by atoms with Crippen molar-refractivity contribution in [2.75, 3.05) is 6.54 Å². The highest BCUT2D eigenvalue weighted by Gasteiger charge is 2.33. The molecular formula is C32H42N6O8. The Morgan fingerprint density at radius 2 is 1.46 bits per heavy atom. The smallest absolute Gasteiger partial charge is 0.322 e. The van der Waals surface area contributed by atoms with Gasteiger partial charge in [-0.15, -0.1) is 0 Å². The number of carbonyl (C=O) groups is 5. The molecule has 10 N–H and O–H groups in total. The molecule has 1 aromatic heterocycles. The Hall–Kier alpha value is -4.95. The average Bonchev–Trinajstić information content (AvgIpc) is 3.44. The van der Waals surface area contributed by atoms with Crippen molar-refractivity contribution in [3.05, 3.63) is 65.9 Å². The van der Waals surface area contributed by atoms with E-state index in [1.54, 1.807) is 25.3 Å². The normalized spacial score (nSPS) is 15.1. The number of rotatable bonds is 16. The fraction of sp³-hybridized carbons (Fsp3) is 0.406. The molecule has 0 aliphatic rings. The number of fused-ring (bicyclic) bond motifs is 1. The molecule has 2 aromatic carbocycles. The lowest BCUT2D eigenvalue weighted by Gasteiger charge is -2.28. The van der Waals surface area contributed by atoms with E-state index in [-0.39, 0.29) is 24.5 Å². The SMILES string of the molecule is CC[C@H](C)[C@H](NC(=O)[C@H](Cc1c[nH]c2ccccc12)NC(=O)[C@H](Cc1ccc(O)cc1)NC(=O)[C@@H](N)[C@@H](C)O)C(=O)NCC(=O)O. The summed E-state index contributed by atoms with van der Waals surface area (Å²) in [5.74, 6) is -4.55. The van der Waals surface area contributed by atoms with Crippen LogP contribution in [0, 0.1) is 5.92 Å². The summed E-state index contributed by atoms with van der Waals surface area (Å²) < 4.78 is 0. The molecule has 14 nitrogen and oxygen atoms in total. The molecule has 6 atom stereocenters. The fourth-order valence-corrected chi connectivity index (χ4v) is 4.79. The number of aliphatic hydroxyl groups is 1. The Bertz CT molecular complexity index is 1520. The number of aromatic amines is 1. The van der Waals surface area contributed by atoms with E-state index >= 15 is 0 Å². The third-order valence-corrected chi connectivity index (χ3v) is 7.77. The van der Waals surface area contributed by atoms with Crippen molar-refractivity contribution in [2.24, 2.45) is 11.7 Å². The van der Waals surface area contributed by atoms with E-state index in [0.717, 1.165) is 10.9 Å². The number of amides is 4. The van der Waals surface area contributed by atoms with Crippen molar-refractivity contribution in [1.82, 2.24) is 26.3 Å². The van der Waals surface area contributed by atoms with Gasteiger partial charge >= 0.3 is 5.97 Å². The summed E-state index contributed by atoms with van der Waals surface area (Å²) in [5, 5.41) is 39.6. The van der Waals surface area contributed by atoms with Gasteiger partial charge in [-0.3, -0.25) is 24.0 Å². The van der Waals surface area contributed by atoms with Gasteiger partial charge < -0.3 is 47.3 Å². The van der Waals surface area contributed by atoms with Gasteiger partial charge in [0.25, 0.3) is 0 Å². The highest BCUT2D eigenvalue weighted by molar-refractivity contribution is 5.96. The van der Waals surface area contributed by atoms with Crippen LogP contribution in [0.15, 0.2) is 54.7 Å². The van der Waals surface area contributed by atoms with Crippen LogP contribution in [0.2, 0.25) is 0 Å². The predicted octanol–water partition coefficient (Wildman–Crippen LogP) is 0.0681. The first-order chi connectivity index (χ1) is 21.8. The van der Waals surface area contributed by atoms with Crippen molar-refractivity contribution < 1.29 is 39.3 Å². The minimum absolute atomic E-state index is 0.00137. The molecule has 1 heterocycles. The highest BCUT2D eigenvalue weighted by atomic mass is 16.4. The van der Waals surface area contributed by atoms with E-state index in [2.05, 4.69) is 26.3 Å². The molecule has 248 valence electrons. The summed E-state index contributed by atoms with van der Waals surface area (Å²) in [6.45, 7) is 4.24. The topological polar surface area (TPSA) is 236 Å². The average molecular weight is 639 g/mol. The number of aromatic hydroxyl groups is 1. The quantitative estimate of drug-likeness (QED) is 0.103. The van der Waals surface area contributed by atoms with Gasteiger partial charge in [-0.25, -0.2) is 0 Å². The summed E-state index contributed by atoms with van der Waals surface area (Å²) in [4.78, 5) is 67.6. The van der Waals surface area contributed by atoms with Gasteiger partial charge in [0.05, 0.1) is 6.10 Å². The summed E-state index contributed by atoms with van der Waals surface area (Å²) in [6.07, 6.45) is 0.940. The van der Waals surface area contributed by atoms with Gasteiger partial charge in [0, 0.05) is 29.9 Å². The monoisotopic (exact) mass is 638 g/mol. The molecule has 0 bridgehead atoms. The molecule has 0 saturated carbocycles. The number of carboxylic acid groups (broad SMARTS) is 1. The molecular weight excluding hydrogens is 596 g/mol. The third kappa shape index (κ3) is 9.78. The van der Waals surface area contributed by atoms with E-state index in [1.807, 2.05) is 31.2 Å². The lowest BCUT2D eigenvalue weighted by atomic mass is 9.96. The molecule has 0 aliphatic heterocycles. The number of hydrogen-bond acceptors (Lipinski definition) is 8. The molecule has 3 rings (SSSR count). The van der Waals surface area contributed by atoms with Crippen LogP contribution in [0.3, 0.4) is 0 Å². The van der Waals surface area contributed by atoms with Crippen LogP contribution < -0.4 is 27.0 Å². The number of benzene rings is 2. The molecule has 0 unspecified atom stereocenters. The summed E-state index contributed by atoms with van der Waals surface area (Å²) in [6, 6.07) is 8.44. The highest BCUT2D eigenvalue weighted by Crippen LogP contribution is 2.20. The summed E-state index contributed by atoms with van der Waals surface area (Å²) in [7, 11) is 0. The van der Waals surface area contributed by atoms with Crippen molar-refractivity contribution in [1.29, 1.82) is 0 Å². The minimum atomic E-state index is -1.33. The van der Waals surface area contributed by atoms with Crippen LogP contribution in [0.25, 0.3) is 10.9 Å². The van der Waals surface area contributed by atoms with Crippen molar-refractivity contribution >= 4 is 40.5 Å². The van der Waals surface area contributed by atoms with Gasteiger partial charge in [-0.1, -0.05) is 50.6 Å². The molecule has 0 spiro atoms. The van der Waals surface area contributed by atoms with Crippen LogP contribution >= 0.6 is 0 Å². The van der Waals surface area contributed by atoms with Gasteiger partial charge in [0.1, 0.15) is 36.5 Å². The second kappa shape index (κ2) is 16.4. The predicted molar refractivity (Wildman–Crippen MR) is 169 cm³/mol. The Labute approximate surface area is 266 Å². The standard InChI is InChI=1S/C32H42N6O8/c1-4-17(2)28(32(46)35-16-26(41)42)38-30(44)25(14-20-15-34-23-8-6-5-7-22(20)23)36-29(43)24(37-31(45)27(33)18(3)39)13-19-9-11-21(40)12-10-19/h5-12,15,17-18,24-25,27-28,34,39-40H,4,13-14,16,33H2,1-3H3,(H,35,46)(H,36,43)(H,37,45)(H,38,44)(H,41,42)/t17-,18+,24-,25-,27-,28-/m0/s1. The number of nitrogens with one attached hydrogen (secondary N) is 5. The van der Waals surface area contributed by atoms with Gasteiger partial charge in [0.2, 0.25) is 23.6 Å². The number of H-pyrrole nitrogens is 1. The summed E-state index contributed by atoms with van der Waals surface area (Å²) in [5.41, 5.74) is 7.89. The fourth-order valence-electron chi connectivity index (χ4n) is 4.79. The number of phenolic OH excluding ortho intramolecular Hbond substituents is 1. The molecule has 0 saturated heterocycles. The van der Waals surface area contributed by atoms with Crippen molar-refractivity contribution in [3.8, 4) is 5.75 Å². The van der Waals surface area contributed by atoms with Gasteiger partial charge in [-0.05, 0) is 42.2 Å². The van der Waals surface area contributed by atoms with Gasteiger partial charge in [-0.2, -0.15) is 0 Å². The zero-order chi connectivity index (χ0) is 34.0.